The lowest BCUT2D eigenvalue weighted by molar-refractivity contribution is -0.126. The van der Waals surface area contributed by atoms with Crippen LogP contribution >= 0.6 is 0 Å². The van der Waals surface area contributed by atoms with Crippen molar-refractivity contribution >= 4 is 5.91 Å². The van der Waals surface area contributed by atoms with Crippen molar-refractivity contribution in [2.45, 2.75) is 39.8 Å². The third-order valence-electron chi connectivity index (χ3n) is 2.45. The van der Waals surface area contributed by atoms with Crippen LogP contribution in [0.3, 0.4) is 0 Å². The van der Waals surface area contributed by atoms with Crippen LogP contribution in [-0.4, -0.2) is 28.0 Å². The van der Waals surface area contributed by atoms with E-state index in [2.05, 4.69) is 20.6 Å². The van der Waals surface area contributed by atoms with Crippen molar-refractivity contribution in [1.29, 1.82) is 0 Å². The Balaban J connectivity index is 2.54. The summed E-state index contributed by atoms with van der Waals surface area (Å²) in [6.07, 6.45) is 1.69. The molecule has 1 amide bonds. The Hall–Kier alpha value is -1.49. The third kappa shape index (κ3) is 4.11. The van der Waals surface area contributed by atoms with Crippen LogP contribution in [-0.2, 0) is 11.3 Å². The molecule has 0 radical (unpaired) electrons. The van der Waals surface area contributed by atoms with Gasteiger partial charge in [0.25, 0.3) is 0 Å². The minimum atomic E-state index is -0.559. The molecule has 0 aliphatic rings. The molecule has 1 aromatic rings. The summed E-state index contributed by atoms with van der Waals surface area (Å²) in [6, 6.07) is 1.80. The molecule has 0 aliphatic heterocycles. The standard InChI is InChI=1S/C12H20N4O/c1-5-15-12(3,4)11(17)14-8-10-6-7-13-9(2)16-10/h6-7,15H,5,8H2,1-4H3,(H,14,17). The number of hydrogen-bond donors (Lipinski definition) is 2. The van der Waals surface area contributed by atoms with Crippen LogP contribution in [0.1, 0.15) is 32.3 Å². The average Bonchev–Trinajstić information content (AvgIpc) is 2.26. The van der Waals surface area contributed by atoms with Crippen LogP contribution in [0.4, 0.5) is 0 Å². The predicted octanol–water partition coefficient (Wildman–Crippen LogP) is 0.789. The molecule has 5 heteroatoms. The molecule has 0 aliphatic carbocycles. The fourth-order valence-electron chi connectivity index (χ4n) is 1.52. The molecule has 17 heavy (non-hydrogen) atoms. The number of likely N-dealkylation sites (N-methyl/N-ethyl adjacent to an activating group) is 1. The van der Waals surface area contributed by atoms with Gasteiger partial charge in [-0.1, -0.05) is 6.92 Å². The molecule has 0 saturated carbocycles. The van der Waals surface area contributed by atoms with E-state index in [1.807, 2.05) is 27.7 Å². The third-order valence-corrected chi connectivity index (χ3v) is 2.45. The summed E-state index contributed by atoms with van der Waals surface area (Å²) in [5.41, 5.74) is 0.259. The first kappa shape index (κ1) is 13.6. The highest BCUT2D eigenvalue weighted by atomic mass is 16.2. The van der Waals surface area contributed by atoms with E-state index in [0.29, 0.717) is 12.4 Å². The van der Waals surface area contributed by atoms with Gasteiger partial charge in [-0.15, -0.1) is 0 Å². The number of carbonyl (C=O) groups is 1. The normalized spacial score (nSPS) is 11.3. The van der Waals surface area contributed by atoms with Crippen LogP contribution in [0.15, 0.2) is 12.3 Å². The highest BCUT2D eigenvalue weighted by Crippen LogP contribution is 2.02. The maximum atomic E-state index is 11.9. The van der Waals surface area contributed by atoms with Crippen molar-refractivity contribution in [3.63, 3.8) is 0 Å². The lowest BCUT2D eigenvalue weighted by atomic mass is 10.0. The molecule has 2 N–H and O–H groups in total. The molecule has 1 heterocycles. The van der Waals surface area contributed by atoms with Gasteiger partial charge in [0, 0.05) is 6.20 Å². The summed E-state index contributed by atoms with van der Waals surface area (Å²) in [5, 5.41) is 5.98. The maximum absolute atomic E-state index is 11.9. The topological polar surface area (TPSA) is 66.9 Å². The van der Waals surface area contributed by atoms with Crippen molar-refractivity contribution in [1.82, 2.24) is 20.6 Å². The molecule has 0 unspecified atom stereocenters. The number of rotatable bonds is 5. The van der Waals surface area contributed by atoms with Gasteiger partial charge in [-0.2, -0.15) is 0 Å². The second-order valence-corrected chi connectivity index (χ2v) is 4.43. The lowest BCUT2D eigenvalue weighted by Gasteiger charge is -2.24. The lowest BCUT2D eigenvalue weighted by Crippen LogP contribution is -2.52. The number of carbonyl (C=O) groups excluding carboxylic acids is 1. The smallest absolute Gasteiger partial charge is 0.240 e. The fraction of sp³-hybridized carbons (Fsp3) is 0.583. The number of nitrogens with one attached hydrogen (secondary N) is 2. The Morgan fingerprint density at radius 1 is 1.47 bits per heavy atom. The summed E-state index contributed by atoms with van der Waals surface area (Å²) in [7, 11) is 0. The number of hydrogen-bond acceptors (Lipinski definition) is 4. The molecule has 0 atom stereocenters. The minimum Gasteiger partial charge on any atom is -0.349 e. The summed E-state index contributed by atoms with van der Waals surface area (Å²) in [5.74, 6) is 0.679. The zero-order valence-corrected chi connectivity index (χ0v) is 10.9. The van der Waals surface area contributed by atoms with Crippen LogP contribution in [0, 0.1) is 6.92 Å². The van der Waals surface area contributed by atoms with Crippen molar-refractivity contribution in [3.8, 4) is 0 Å². The molecule has 0 bridgehead atoms. The van der Waals surface area contributed by atoms with Gasteiger partial charge in [-0.3, -0.25) is 4.79 Å². The predicted molar refractivity (Wildman–Crippen MR) is 66.4 cm³/mol. The second-order valence-electron chi connectivity index (χ2n) is 4.43. The Labute approximate surface area is 102 Å². The van der Waals surface area contributed by atoms with Crippen molar-refractivity contribution in [3.05, 3.63) is 23.8 Å². The summed E-state index contributed by atoms with van der Waals surface area (Å²) >= 11 is 0. The van der Waals surface area contributed by atoms with Crippen LogP contribution in [0.5, 0.6) is 0 Å². The van der Waals surface area contributed by atoms with Crippen molar-refractivity contribution < 1.29 is 4.79 Å². The zero-order chi connectivity index (χ0) is 12.9. The summed E-state index contributed by atoms with van der Waals surface area (Å²) in [6.45, 7) is 8.70. The molecular weight excluding hydrogens is 216 g/mol. The number of nitrogens with zero attached hydrogens (tertiary/aromatic N) is 2. The Bertz CT molecular complexity index is 390. The minimum absolute atomic E-state index is 0.0318. The van der Waals surface area contributed by atoms with Gasteiger partial charge in [-0.25, -0.2) is 9.97 Å². The van der Waals surface area contributed by atoms with E-state index in [0.717, 1.165) is 12.2 Å². The van der Waals surface area contributed by atoms with E-state index in [9.17, 15) is 4.79 Å². The quantitative estimate of drug-likeness (QED) is 0.793. The van der Waals surface area contributed by atoms with E-state index in [1.54, 1.807) is 12.3 Å². The number of amides is 1. The van der Waals surface area contributed by atoms with Crippen molar-refractivity contribution in [2.75, 3.05) is 6.54 Å². The van der Waals surface area contributed by atoms with Crippen LogP contribution < -0.4 is 10.6 Å². The molecule has 94 valence electrons. The van der Waals surface area contributed by atoms with Crippen LogP contribution in [0.2, 0.25) is 0 Å². The first-order valence-electron chi connectivity index (χ1n) is 5.77. The maximum Gasteiger partial charge on any atom is 0.240 e. The van der Waals surface area contributed by atoms with E-state index in [1.165, 1.54) is 0 Å². The fourth-order valence-corrected chi connectivity index (χ4v) is 1.52. The molecule has 0 saturated heterocycles. The Morgan fingerprint density at radius 2 is 2.18 bits per heavy atom. The molecule has 5 nitrogen and oxygen atoms in total. The zero-order valence-electron chi connectivity index (χ0n) is 10.9. The van der Waals surface area contributed by atoms with E-state index < -0.39 is 5.54 Å². The number of aromatic nitrogens is 2. The van der Waals surface area contributed by atoms with E-state index in [-0.39, 0.29) is 5.91 Å². The van der Waals surface area contributed by atoms with Gasteiger partial charge in [0.15, 0.2) is 0 Å². The average molecular weight is 236 g/mol. The monoisotopic (exact) mass is 236 g/mol. The first-order valence-corrected chi connectivity index (χ1v) is 5.77. The molecule has 0 aromatic carbocycles. The number of aryl methyl sites for hydroxylation is 1. The van der Waals surface area contributed by atoms with E-state index >= 15 is 0 Å². The summed E-state index contributed by atoms with van der Waals surface area (Å²) in [4.78, 5) is 20.1. The van der Waals surface area contributed by atoms with Gasteiger partial charge in [0.05, 0.1) is 17.8 Å². The van der Waals surface area contributed by atoms with E-state index in [4.69, 9.17) is 0 Å². The van der Waals surface area contributed by atoms with Gasteiger partial charge >= 0.3 is 0 Å². The Morgan fingerprint density at radius 3 is 2.76 bits per heavy atom. The SMILES string of the molecule is CCNC(C)(C)C(=O)NCc1ccnc(C)n1. The highest BCUT2D eigenvalue weighted by molar-refractivity contribution is 5.85. The molecule has 0 fully saturated rings. The van der Waals surface area contributed by atoms with Gasteiger partial charge in [-0.05, 0) is 33.4 Å². The van der Waals surface area contributed by atoms with Gasteiger partial charge < -0.3 is 10.6 Å². The van der Waals surface area contributed by atoms with Gasteiger partial charge in [0.2, 0.25) is 5.91 Å². The van der Waals surface area contributed by atoms with Crippen molar-refractivity contribution in [2.24, 2.45) is 0 Å². The molecular formula is C12H20N4O. The molecule has 1 aromatic heterocycles. The first-order chi connectivity index (χ1) is 7.95. The molecule has 1 rings (SSSR count). The molecule has 0 spiro atoms. The summed E-state index contributed by atoms with van der Waals surface area (Å²) < 4.78 is 0. The van der Waals surface area contributed by atoms with Gasteiger partial charge in [0.1, 0.15) is 5.82 Å². The largest absolute Gasteiger partial charge is 0.349 e. The van der Waals surface area contributed by atoms with Crippen LogP contribution in [0.25, 0.3) is 0 Å². The Kier molecular flexibility index (Phi) is 4.57. The second kappa shape index (κ2) is 5.72. The highest BCUT2D eigenvalue weighted by Gasteiger charge is 2.25.